The predicted octanol–water partition coefficient (Wildman–Crippen LogP) is 2.48. The topological polar surface area (TPSA) is 92.8 Å². The highest BCUT2D eigenvalue weighted by Crippen LogP contribution is 2.19. The first-order valence-electron chi connectivity index (χ1n) is 7.18. The molecule has 0 saturated heterocycles. The van der Waals surface area contributed by atoms with Crippen LogP contribution in [0.1, 0.15) is 28.8 Å². The van der Waals surface area contributed by atoms with E-state index in [1.165, 1.54) is 13.1 Å². The van der Waals surface area contributed by atoms with E-state index in [-0.39, 0.29) is 5.78 Å². The van der Waals surface area contributed by atoms with Crippen molar-refractivity contribution in [2.45, 2.75) is 20.4 Å². The number of aromatic amines is 1. The lowest BCUT2D eigenvalue weighted by molar-refractivity contribution is 0.101. The quantitative estimate of drug-likeness (QED) is 0.703. The molecule has 2 aromatic heterocycles. The summed E-state index contributed by atoms with van der Waals surface area (Å²) in [6, 6.07) is 5.66. The number of Topliss-reactive ketones (excluding diaryl/α,β-unsaturated/α-hetero) is 1. The van der Waals surface area contributed by atoms with E-state index < -0.39 is 0 Å². The molecule has 7 heteroatoms. The second kappa shape index (κ2) is 6.04. The van der Waals surface area contributed by atoms with Crippen LogP contribution in [0.5, 0.6) is 5.75 Å². The average Bonchev–Trinajstić information content (AvgIpc) is 2.94. The van der Waals surface area contributed by atoms with Crippen molar-refractivity contribution in [3.05, 3.63) is 41.5 Å². The minimum atomic E-state index is -0.0414. The molecule has 2 heterocycles. The van der Waals surface area contributed by atoms with Crippen LogP contribution in [0.15, 0.2) is 24.4 Å². The van der Waals surface area contributed by atoms with Crippen molar-refractivity contribution < 1.29 is 9.53 Å². The number of fused-ring (bicyclic) bond motifs is 1. The van der Waals surface area contributed by atoms with Crippen molar-refractivity contribution in [1.29, 1.82) is 0 Å². The third-order valence-electron chi connectivity index (χ3n) is 3.51. The Kier molecular flexibility index (Phi) is 3.92. The second-order valence-corrected chi connectivity index (χ2v) is 5.17. The average molecular weight is 311 g/mol. The van der Waals surface area contributed by atoms with Crippen LogP contribution < -0.4 is 10.1 Å². The summed E-state index contributed by atoms with van der Waals surface area (Å²) in [4.78, 5) is 27.5. The van der Waals surface area contributed by atoms with E-state index in [9.17, 15) is 4.79 Å². The van der Waals surface area contributed by atoms with Crippen molar-refractivity contribution >= 4 is 22.8 Å². The highest BCUT2D eigenvalue weighted by atomic mass is 16.5. The molecule has 0 aliphatic rings. The number of benzene rings is 1. The summed E-state index contributed by atoms with van der Waals surface area (Å²) in [6.07, 6.45) is 1.54. The Labute approximate surface area is 133 Å². The summed E-state index contributed by atoms with van der Waals surface area (Å²) >= 11 is 0. The zero-order chi connectivity index (χ0) is 16.4. The van der Waals surface area contributed by atoms with E-state index in [1.54, 1.807) is 14.0 Å². The molecule has 23 heavy (non-hydrogen) atoms. The summed E-state index contributed by atoms with van der Waals surface area (Å²) in [5.41, 5.74) is 2.97. The van der Waals surface area contributed by atoms with Gasteiger partial charge in [-0.3, -0.25) is 4.79 Å². The molecule has 3 rings (SSSR count). The normalized spacial score (nSPS) is 10.7. The molecule has 0 aliphatic heterocycles. The first-order valence-corrected chi connectivity index (χ1v) is 7.18. The van der Waals surface area contributed by atoms with Crippen molar-refractivity contribution in [2.24, 2.45) is 0 Å². The summed E-state index contributed by atoms with van der Waals surface area (Å²) < 4.78 is 5.19. The number of anilines is 1. The molecule has 0 unspecified atom stereocenters. The van der Waals surface area contributed by atoms with Gasteiger partial charge in [0.05, 0.1) is 35.9 Å². The standard InChI is InChI=1S/C16H17N5O2/c1-9-12(10(2)22)7-17-16(19-9)18-8-15-20-13-5-4-11(23-3)6-14(13)21-15/h4-7H,8H2,1-3H3,(H,20,21)(H,17,18,19). The number of imidazole rings is 1. The molecule has 0 aliphatic carbocycles. The van der Waals surface area contributed by atoms with Gasteiger partial charge in [0.2, 0.25) is 5.95 Å². The van der Waals surface area contributed by atoms with Gasteiger partial charge >= 0.3 is 0 Å². The number of hydrogen-bond acceptors (Lipinski definition) is 6. The molecule has 0 bridgehead atoms. The summed E-state index contributed by atoms with van der Waals surface area (Å²) in [6.45, 7) is 3.74. The number of aromatic nitrogens is 4. The predicted molar refractivity (Wildman–Crippen MR) is 86.7 cm³/mol. The fourth-order valence-corrected chi connectivity index (χ4v) is 2.31. The number of ether oxygens (including phenoxy) is 1. The van der Waals surface area contributed by atoms with Crippen LogP contribution in [0.4, 0.5) is 5.95 Å². The minimum absolute atomic E-state index is 0.0414. The maximum absolute atomic E-state index is 11.4. The summed E-state index contributed by atoms with van der Waals surface area (Å²) in [7, 11) is 1.63. The van der Waals surface area contributed by atoms with E-state index in [0.29, 0.717) is 23.8 Å². The van der Waals surface area contributed by atoms with Crippen LogP contribution in [0.2, 0.25) is 0 Å². The van der Waals surface area contributed by atoms with Crippen molar-refractivity contribution in [3.8, 4) is 5.75 Å². The molecular weight excluding hydrogens is 294 g/mol. The van der Waals surface area contributed by atoms with Gasteiger partial charge in [-0.2, -0.15) is 0 Å². The smallest absolute Gasteiger partial charge is 0.223 e. The molecule has 0 atom stereocenters. The maximum atomic E-state index is 11.4. The number of carbonyl (C=O) groups excluding carboxylic acids is 1. The molecule has 0 spiro atoms. The lowest BCUT2D eigenvalue weighted by atomic mass is 10.2. The molecule has 0 saturated carbocycles. The molecule has 118 valence electrons. The molecule has 0 radical (unpaired) electrons. The van der Waals surface area contributed by atoms with Gasteiger partial charge in [0.25, 0.3) is 0 Å². The largest absolute Gasteiger partial charge is 0.497 e. The van der Waals surface area contributed by atoms with Gasteiger partial charge in [-0.25, -0.2) is 15.0 Å². The maximum Gasteiger partial charge on any atom is 0.223 e. The van der Waals surface area contributed by atoms with E-state index in [0.717, 1.165) is 22.6 Å². The Balaban J connectivity index is 1.75. The molecular formula is C16H17N5O2. The first kappa shape index (κ1) is 15.0. The third-order valence-corrected chi connectivity index (χ3v) is 3.51. The first-order chi connectivity index (χ1) is 11.1. The van der Waals surface area contributed by atoms with Crippen LogP contribution in [-0.4, -0.2) is 32.8 Å². The van der Waals surface area contributed by atoms with E-state index in [2.05, 4.69) is 25.3 Å². The van der Waals surface area contributed by atoms with Gasteiger partial charge in [0.1, 0.15) is 11.6 Å². The highest BCUT2D eigenvalue weighted by molar-refractivity contribution is 5.94. The highest BCUT2D eigenvalue weighted by Gasteiger charge is 2.08. The number of nitrogens with zero attached hydrogens (tertiary/aromatic N) is 3. The Hall–Kier alpha value is -2.96. The van der Waals surface area contributed by atoms with Crippen molar-refractivity contribution in [3.63, 3.8) is 0 Å². The second-order valence-electron chi connectivity index (χ2n) is 5.17. The Morgan fingerprint density at radius 3 is 2.87 bits per heavy atom. The van der Waals surface area contributed by atoms with Gasteiger partial charge in [0.15, 0.2) is 5.78 Å². The Morgan fingerprint density at radius 2 is 2.17 bits per heavy atom. The lowest BCUT2D eigenvalue weighted by Crippen LogP contribution is -2.08. The van der Waals surface area contributed by atoms with Crippen molar-refractivity contribution in [1.82, 2.24) is 19.9 Å². The van der Waals surface area contributed by atoms with Crippen LogP contribution in [0.25, 0.3) is 11.0 Å². The Morgan fingerprint density at radius 1 is 1.35 bits per heavy atom. The fourth-order valence-electron chi connectivity index (χ4n) is 2.31. The zero-order valence-electron chi connectivity index (χ0n) is 13.2. The van der Waals surface area contributed by atoms with Gasteiger partial charge in [-0.1, -0.05) is 0 Å². The fraction of sp³-hybridized carbons (Fsp3) is 0.250. The molecule has 0 amide bonds. The van der Waals surface area contributed by atoms with Gasteiger partial charge in [-0.05, 0) is 26.0 Å². The number of hydrogen-bond donors (Lipinski definition) is 2. The van der Waals surface area contributed by atoms with Crippen LogP contribution in [-0.2, 0) is 6.54 Å². The number of rotatable bonds is 5. The van der Waals surface area contributed by atoms with Crippen LogP contribution in [0.3, 0.4) is 0 Å². The summed E-state index contributed by atoms with van der Waals surface area (Å²) in [5, 5.41) is 3.10. The Bertz CT molecular complexity index is 872. The number of nitrogens with one attached hydrogen (secondary N) is 2. The minimum Gasteiger partial charge on any atom is -0.497 e. The van der Waals surface area contributed by atoms with Gasteiger partial charge in [-0.15, -0.1) is 0 Å². The number of carbonyl (C=O) groups is 1. The van der Waals surface area contributed by atoms with Crippen LogP contribution in [0, 0.1) is 6.92 Å². The molecule has 0 fully saturated rings. The number of H-pyrrole nitrogens is 1. The molecule has 2 N–H and O–H groups in total. The van der Waals surface area contributed by atoms with Gasteiger partial charge in [0, 0.05) is 12.3 Å². The molecule has 3 aromatic rings. The SMILES string of the molecule is COc1ccc2nc(CNc3ncc(C(C)=O)c(C)n3)[nH]c2c1. The van der Waals surface area contributed by atoms with Crippen molar-refractivity contribution in [2.75, 3.05) is 12.4 Å². The van der Waals surface area contributed by atoms with E-state index >= 15 is 0 Å². The van der Waals surface area contributed by atoms with E-state index in [1.807, 2.05) is 18.2 Å². The lowest BCUT2D eigenvalue weighted by Gasteiger charge is -2.05. The monoisotopic (exact) mass is 311 g/mol. The van der Waals surface area contributed by atoms with Crippen LogP contribution >= 0.6 is 0 Å². The number of methoxy groups -OCH3 is 1. The zero-order valence-corrected chi connectivity index (χ0v) is 13.2. The number of ketones is 1. The van der Waals surface area contributed by atoms with E-state index in [4.69, 9.17) is 4.74 Å². The third kappa shape index (κ3) is 3.13. The number of aryl methyl sites for hydroxylation is 1. The van der Waals surface area contributed by atoms with Gasteiger partial charge < -0.3 is 15.0 Å². The molecule has 1 aromatic carbocycles. The summed E-state index contributed by atoms with van der Waals surface area (Å²) in [5.74, 6) is 1.97. The molecule has 7 nitrogen and oxygen atoms in total.